The number of nitrogens with one attached hydrogen (secondary N) is 1. The molecule has 1 fully saturated rings. The normalized spacial score (nSPS) is 15.7. The van der Waals surface area contributed by atoms with Crippen LogP contribution in [-0.4, -0.2) is 62.5 Å². The van der Waals surface area contributed by atoms with Gasteiger partial charge in [-0.25, -0.2) is 0 Å². The van der Waals surface area contributed by atoms with E-state index in [0.29, 0.717) is 12.6 Å². The van der Waals surface area contributed by atoms with Crippen molar-refractivity contribution in [3.8, 4) is 0 Å². The van der Waals surface area contributed by atoms with Gasteiger partial charge in [-0.05, 0) is 39.9 Å². The molecule has 0 bridgehead atoms. The van der Waals surface area contributed by atoms with E-state index < -0.39 is 0 Å². The van der Waals surface area contributed by atoms with E-state index in [1.54, 1.807) is 0 Å². The first-order valence-electron chi connectivity index (χ1n) is 5.71. The fourth-order valence-electron chi connectivity index (χ4n) is 1.40. The highest BCUT2D eigenvalue weighted by molar-refractivity contribution is 5.78. The van der Waals surface area contributed by atoms with Gasteiger partial charge in [0.05, 0.1) is 6.54 Å². The largest absolute Gasteiger partial charge is 0.345 e. The average Bonchev–Trinajstić information content (AvgIpc) is 2.96. The molecule has 1 amide bonds. The lowest BCUT2D eigenvalue weighted by atomic mass is 10.3. The number of carbonyl (C=O) groups excluding carboxylic acids is 1. The van der Waals surface area contributed by atoms with Gasteiger partial charge in [0.1, 0.15) is 0 Å². The summed E-state index contributed by atoms with van der Waals surface area (Å²) in [5.74, 6) is 0.209. The average molecular weight is 213 g/mol. The number of hydrogen-bond acceptors (Lipinski definition) is 3. The Morgan fingerprint density at radius 1 is 1.27 bits per heavy atom. The maximum Gasteiger partial charge on any atom is 0.236 e. The van der Waals surface area contributed by atoms with Crippen molar-refractivity contribution in [2.24, 2.45) is 0 Å². The van der Waals surface area contributed by atoms with Crippen molar-refractivity contribution < 1.29 is 4.79 Å². The molecule has 15 heavy (non-hydrogen) atoms. The molecule has 0 atom stereocenters. The van der Waals surface area contributed by atoms with Crippen molar-refractivity contribution in [1.29, 1.82) is 0 Å². The van der Waals surface area contributed by atoms with Crippen LogP contribution >= 0.6 is 0 Å². The van der Waals surface area contributed by atoms with Gasteiger partial charge in [-0.3, -0.25) is 4.79 Å². The van der Waals surface area contributed by atoms with E-state index in [1.807, 2.05) is 11.9 Å². The summed E-state index contributed by atoms with van der Waals surface area (Å²) in [6.07, 6.45) is 3.51. The lowest BCUT2D eigenvalue weighted by molar-refractivity contribution is -0.129. The molecule has 1 rings (SSSR count). The van der Waals surface area contributed by atoms with Crippen LogP contribution in [-0.2, 0) is 4.79 Å². The molecule has 0 heterocycles. The zero-order chi connectivity index (χ0) is 11.3. The zero-order valence-corrected chi connectivity index (χ0v) is 10.1. The quantitative estimate of drug-likeness (QED) is 0.654. The van der Waals surface area contributed by atoms with Crippen LogP contribution in [0.25, 0.3) is 0 Å². The molecular weight excluding hydrogens is 190 g/mol. The molecule has 1 aliphatic carbocycles. The van der Waals surface area contributed by atoms with Gasteiger partial charge in [0.2, 0.25) is 5.91 Å². The van der Waals surface area contributed by atoms with Gasteiger partial charge >= 0.3 is 0 Å². The van der Waals surface area contributed by atoms with Gasteiger partial charge in [0.15, 0.2) is 0 Å². The second kappa shape index (κ2) is 6.08. The number of nitrogens with zero attached hydrogens (tertiary/aromatic N) is 2. The standard InChI is InChI=1S/C11H23N3O/c1-13(2)7-4-8-14(3)11(15)9-12-10-5-6-10/h10,12H,4-9H2,1-3H3. The van der Waals surface area contributed by atoms with E-state index >= 15 is 0 Å². The number of carbonyl (C=O) groups is 1. The number of amides is 1. The van der Waals surface area contributed by atoms with E-state index in [2.05, 4.69) is 24.3 Å². The molecule has 88 valence electrons. The lowest BCUT2D eigenvalue weighted by Crippen LogP contribution is -2.37. The minimum atomic E-state index is 0.209. The van der Waals surface area contributed by atoms with Crippen LogP contribution in [0.1, 0.15) is 19.3 Å². The molecule has 0 aliphatic heterocycles. The predicted molar refractivity (Wildman–Crippen MR) is 61.8 cm³/mol. The molecule has 1 aliphatic rings. The van der Waals surface area contributed by atoms with Gasteiger partial charge in [0, 0.05) is 19.6 Å². The Morgan fingerprint density at radius 2 is 1.93 bits per heavy atom. The third-order valence-electron chi connectivity index (χ3n) is 2.64. The van der Waals surface area contributed by atoms with Gasteiger partial charge in [-0.15, -0.1) is 0 Å². The fourth-order valence-corrected chi connectivity index (χ4v) is 1.40. The number of rotatable bonds is 7. The Labute approximate surface area is 92.6 Å². The summed E-state index contributed by atoms with van der Waals surface area (Å²) in [6.45, 7) is 2.39. The molecule has 0 aromatic rings. The molecule has 0 spiro atoms. The molecule has 0 aromatic carbocycles. The molecule has 4 nitrogen and oxygen atoms in total. The highest BCUT2D eigenvalue weighted by Crippen LogP contribution is 2.18. The second-order valence-electron chi connectivity index (χ2n) is 4.63. The van der Waals surface area contributed by atoms with Crippen LogP contribution in [0, 0.1) is 0 Å². The third kappa shape index (κ3) is 5.74. The second-order valence-corrected chi connectivity index (χ2v) is 4.63. The maximum atomic E-state index is 11.6. The van der Waals surface area contributed by atoms with E-state index in [1.165, 1.54) is 12.8 Å². The lowest BCUT2D eigenvalue weighted by Gasteiger charge is -2.18. The minimum absolute atomic E-state index is 0.209. The Kier molecular flexibility index (Phi) is 5.05. The van der Waals surface area contributed by atoms with Crippen LogP contribution in [0.2, 0.25) is 0 Å². The number of hydrogen-bond donors (Lipinski definition) is 1. The van der Waals surface area contributed by atoms with E-state index in [4.69, 9.17) is 0 Å². The summed E-state index contributed by atoms with van der Waals surface area (Å²) in [4.78, 5) is 15.6. The summed E-state index contributed by atoms with van der Waals surface area (Å²) >= 11 is 0. The van der Waals surface area contributed by atoms with Gasteiger partial charge in [-0.2, -0.15) is 0 Å². The van der Waals surface area contributed by atoms with Gasteiger partial charge in [-0.1, -0.05) is 0 Å². The van der Waals surface area contributed by atoms with Crippen LogP contribution < -0.4 is 5.32 Å². The first-order valence-corrected chi connectivity index (χ1v) is 5.71. The predicted octanol–water partition coefficient (Wildman–Crippen LogP) is 0.149. The first-order chi connectivity index (χ1) is 7.09. The first kappa shape index (κ1) is 12.5. The summed E-state index contributed by atoms with van der Waals surface area (Å²) in [7, 11) is 5.99. The maximum absolute atomic E-state index is 11.6. The Hall–Kier alpha value is -0.610. The zero-order valence-electron chi connectivity index (χ0n) is 10.1. The van der Waals surface area contributed by atoms with E-state index in [0.717, 1.165) is 19.5 Å². The van der Waals surface area contributed by atoms with Crippen LogP contribution in [0.3, 0.4) is 0 Å². The van der Waals surface area contributed by atoms with Crippen molar-refractivity contribution in [2.75, 3.05) is 40.8 Å². The monoisotopic (exact) mass is 213 g/mol. The molecule has 4 heteroatoms. The molecular formula is C11H23N3O. The van der Waals surface area contributed by atoms with Crippen molar-refractivity contribution >= 4 is 5.91 Å². The highest BCUT2D eigenvalue weighted by Gasteiger charge is 2.21. The van der Waals surface area contributed by atoms with Gasteiger partial charge < -0.3 is 15.1 Å². The van der Waals surface area contributed by atoms with Crippen LogP contribution in [0.5, 0.6) is 0 Å². The number of likely N-dealkylation sites (N-methyl/N-ethyl adjacent to an activating group) is 1. The summed E-state index contributed by atoms with van der Waals surface area (Å²) < 4.78 is 0. The Morgan fingerprint density at radius 3 is 2.47 bits per heavy atom. The Balaban J connectivity index is 2.03. The minimum Gasteiger partial charge on any atom is -0.345 e. The Bertz CT molecular complexity index is 202. The highest BCUT2D eigenvalue weighted by atomic mass is 16.2. The molecule has 0 radical (unpaired) electrons. The molecule has 0 unspecified atom stereocenters. The van der Waals surface area contributed by atoms with Crippen molar-refractivity contribution in [3.63, 3.8) is 0 Å². The SMILES string of the molecule is CN(C)CCCN(C)C(=O)CNC1CC1. The molecule has 0 saturated heterocycles. The smallest absolute Gasteiger partial charge is 0.236 e. The third-order valence-corrected chi connectivity index (χ3v) is 2.64. The summed E-state index contributed by atoms with van der Waals surface area (Å²) in [5, 5.41) is 3.23. The van der Waals surface area contributed by atoms with Crippen LogP contribution in [0.4, 0.5) is 0 Å². The topological polar surface area (TPSA) is 35.6 Å². The summed E-state index contributed by atoms with van der Waals surface area (Å²) in [6, 6.07) is 0.615. The fraction of sp³-hybridized carbons (Fsp3) is 0.909. The molecule has 1 N–H and O–H groups in total. The van der Waals surface area contributed by atoms with Crippen molar-refractivity contribution in [1.82, 2.24) is 15.1 Å². The van der Waals surface area contributed by atoms with E-state index in [9.17, 15) is 4.79 Å². The summed E-state index contributed by atoms with van der Waals surface area (Å²) in [5.41, 5.74) is 0. The molecule has 1 saturated carbocycles. The van der Waals surface area contributed by atoms with Crippen LogP contribution in [0.15, 0.2) is 0 Å². The van der Waals surface area contributed by atoms with Crippen molar-refractivity contribution in [3.05, 3.63) is 0 Å². The molecule has 0 aromatic heterocycles. The van der Waals surface area contributed by atoms with E-state index in [-0.39, 0.29) is 5.91 Å². The van der Waals surface area contributed by atoms with Gasteiger partial charge in [0.25, 0.3) is 0 Å². The van der Waals surface area contributed by atoms with Crippen molar-refractivity contribution in [2.45, 2.75) is 25.3 Å².